The summed E-state index contributed by atoms with van der Waals surface area (Å²) in [5.41, 5.74) is 2.22. The van der Waals surface area contributed by atoms with Gasteiger partial charge in [-0.1, -0.05) is 42.5 Å². The molecule has 0 aliphatic carbocycles. The van der Waals surface area contributed by atoms with E-state index in [1.807, 2.05) is 41.8 Å². The van der Waals surface area contributed by atoms with Crippen LogP contribution in [0.5, 0.6) is 0 Å². The van der Waals surface area contributed by atoms with Crippen molar-refractivity contribution in [1.82, 2.24) is 10.2 Å². The average Bonchev–Trinajstić information content (AvgIpc) is 3.45. The van der Waals surface area contributed by atoms with E-state index in [9.17, 15) is 24.2 Å². The van der Waals surface area contributed by atoms with Crippen LogP contribution in [0.4, 0.5) is 4.39 Å². The Morgan fingerprint density at radius 3 is 2.66 bits per heavy atom. The molecule has 3 atom stereocenters. The molecule has 32 heavy (non-hydrogen) atoms. The molecule has 0 saturated heterocycles. The largest absolute Gasteiger partial charge is 0.380 e. The number of rotatable bonds is 7. The van der Waals surface area contributed by atoms with Crippen molar-refractivity contribution in [3.8, 4) is 0 Å². The smallest absolute Gasteiger partial charge is 0.255 e. The van der Waals surface area contributed by atoms with E-state index in [1.165, 1.54) is 17.0 Å². The van der Waals surface area contributed by atoms with Crippen molar-refractivity contribution in [2.45, 2.75) is 31.2 Å². The number of nitrogens with zero attached hydrogens (tertiary/aromatic N) is 1. The van der Waals surface area contributed by atoms with Crippen molar-refractivity contribution in [2.75, 3.05) is 6.54 Å². The second-order valence-corrected chi connectivity index (χ2v) is 8.66. The lowest BCUT2D eigenvalue weighted by atomic mass is 9.97. The maximum atomic E-state index is 13.9. The van der Waals surface area contributed by atoms with Crippen LogP contribution >= 0.6 is 11.3 Å². The van der Waals surface area contributed by atoms with Crippen LogP contribution in [0.25, 0.3) is 0 Å². The molecule has 0 bridgehead atoms. The van der Waals surface area contributed by atoms with Crippen molar-refractivity contribution in [1.29, 1.82) is 0 Å². The van der Waals surface area contributed by atoms with Gasteiger partial charge in [0.15, 0.2) is 12.2 Å². The van der Waals surface area contributed by atoms with E-state index in [0.29, 0.717) is 12.0 Å². The number of nitrogens with one attached hydrogen (secondary N) is 1. The molecular formula is C24H23FN2O4S. The van der Waals surface area contributed by atoms with E-state index in [-0.39, 0.29) is 13.1 Å². The zero-order valence-corrected chi connectivity index (χ0v) is 18.0. The van der Waals surface area contributed by atoms with Crippen molar-refractivity contribution >= 4 is 23.2 Å². The Morgan fingerprint density at radius 2 is 1.91 bits per heavy atom. The molecule has 0 unspecified atom stereocenters. The Labute approximate surface area is 188 Å². The molecule has 1 aromatic heterocycles. The fraction of sp³-hybridized carbons (Fsp3) is 0.250. The van der Waals surface area contributed by atoms with Crippen LogP contribution in [0, 0.1) is 5.82 Å². The molecule has 0 radical (unpaired) electrons. The Morgan fingerprint density at radius 1 is 1.09 bits per heavy atom. The van der Waals surface area contributed by atoms with Crippen LogP contribution in [0.3, 0.4) is 0 Å². The van der Waals surface area contributed by atoms with Gasteiger partial charge in [-0.05, 0) is 46.7 Å². The van der Waals surface area contributed by atoms with Gasteiger partial charge in [0.05, 0.1) is 6.04 Å². The predicted molar refractivity (Wildman–Crippen MR) is 118 cm³/mol. The Balaban J connectivity index is 1.48. The topological polar surface area (TPSA) is 89.9 Å². The number of aliphatic hydroxyl groups is 2. The number of amides is 2. The summed E-state index contributed by atoms with van der Waals surface area (Å²) in [4.78, 5) is 27.9. The minimum Gasteiger partial charge on any atom is -0.380 e. The summed E-state index contributed by atoms with van der Waals surface area (Å²) >= 11 is 1.55. The monoisotopic (exact) mass is 454 g/mol. The van der Waals surface area contributed by atoms with Crippen LogP contribution in [0.15, 0.2) is 66.0 Å². The van der Waals surface area contributed by atoms with E-state index in [1.54, 1.807) is 23.5 Å². The van der Waals surface area contributed by atoms with Gasteiger partial charge >= 0.3 is 0 Å². The first-order valence-electron chi connectivity index (χ1n) is 10.3. The van der Waals surface area contributed by atoms with Gasteiger partial charge in [0, 0.05) is 18.0 Å². The first kappa shape index (κ1) is 22.1. The lowest BCUT2D eigenvalue weighted by Crippen LogP contribution is -2.50. The van der Waals surface area contributed by atoms with E-state index in [4.69, 9.17) is 0 Å². The van der Waals surface area contributed by atoms with Crippen molar-refractivity contribution in [2.24, 2.45) is 0 Å². The van der Waals surface area contributed by atoms with E-state index in [0.717, 1.165) is 16.0 Å². The molecule has 8 heteroatoms. The quantitative estimate of drug-likeness (QED) is 0.512. The van der Waals surface area contributed by atoms with Crippen molar-refractivity contribution in [3.63, 3.8) is 0 Å². The number of carbonyl (C=O) groups is 2. The molecule has 1 aliphatic rings. The molecule has 3 aromatic rings. The second kappa shape index (κ2) is 9.60. The Hall–Kier alpha value is -3.07. The summed E-state index contributed by atoms with van der Waals surface area (Å²) in [5, 5.41) is 25.3. The van der Waals surface area contributed by atoms with Crippen LogP contribution < -0.4 is 5.32 Å². The van der Waals surface area contributed by atoms with Gasteiger partial charge in [0.25, 0.3) is 11.8 Å². The normalized spacial score (nSPS) is 17.0. The summed E-state index contributed by atoms with van der Waals surface area (Å²) in [5.74, 6) is -2.05. The zero-order chi connectivity index (χ0) is 22.7. The number of carbonyl (C=O) groups excluding carboxylic acids is 2. The summed E-state index contributed by atoms with van der Waals surface area (Å²) in [6, 6.07) is 16.5. The summed E-state index contributed by atoms with van der Waals surface area (Å²) < 4.78 is 13.9. The molecule has 166 valence electrons. The molecule has 2 heterocycles. The second-order valence-electron chi connectivity index (χ2n) is 7.63. The van der Waals surface area contributed by atoms with Gasteiger partial charge in [-0.2, -0.15) is 0 Å². The van der Waals surface area contributed by atoms with E-state index >= 15 is 0 Å². The molecule has 6 nitrogen and oxygen atoms in total. The van der Waals surface area contributed by atoms with E-state index in [2.05, 4.69) is 5.32 Å². The van der Waals surface area contributed by atoms with Crippen LogP contribution in [-0.2, 0) is 22.6 Å². The van der Waals surface area contributed by atoms with Crippen molar-refractivity contribution in [3.05, 3.63) is 93.4 Å². The van der Waals surface area contributed by atoms with E-state index < -0.39 is 35.9 Å². The highest BCUT2D eigenvalue weighted by atomic mass is 32.1. The van der Waals surface area contributed by atoms with Gasteiger partial charge in [0.2, 0.25) is 0 Å². The highest BCUT2D eigenvalue weighted by molar-refractivity contribution is 7.09. The van der Waals surface area contributed by atoms with Crippen LogP contribution in [0.2, 0.25) is 0 Å². The molecule has 0 saturated carbocycles. The number of thiophene rings is 1. The highest BCUT2D eigenvalue weighted by Crippen LogP contribution is 2.39. The molecule has 2 amide bonds. The third-order valence-electron chi connectivity index (χ3n) is 5.52. The fourth-order valence-electron chi connectivity index (χ4n) is 3.95. The molecule has 3 N–H and O–H groups in total. The molecular weight excluding hydrogens is 431 g/mol. The fourth-order valence-corrected chi connectivity index (χ4v) is 4.65. The maximum absolute atomic E-state index is 13.9. The van der Waals surface area contributed by atoms with Crippen LogP contribution in [-0.4, -0.2) is 45.7 Å². The number of fused-ring (bicyclic) bond motifs is 1. The van der Waals surface area contributed by atoms with Crippen molar-refractivity contribution < 1.29 is 24.2 Å². The number of hydrogen-bond donors (Lipinski definition) is 3. The highest BCUT2D eigenvalue weighted by Gasteiger charge is 2.40. The molecule has 0 spiro atoms. The van der Waals surface area contributed by atoms with Gasteiger partial charge in [-0.3, -0.25) is 9.59 Å². The van der Waals surface area contributed by atoms with Gasteiger partial charge in [0.1, 0.15) is 5.82 Å². The van der Waals surface area contributed by atoms with Gasteiger partial charge < -0.3 is 20.4 Å². The third-order valence-corrected chi connectivity index (χ3v) is 6.46. The summed E-state index contributed by atoms with van der Waals surface area (Å²) in [6.07, 6.45) is -3.27. The summed E-state index contributed by atoms with van der Waals surface area (Å²) in [7, 11) is 0. The number of benzene rings is 2. The maximum Gasteiger partial charge on any atom is 0.255 e. The Kier molecular flexibility index (Phi) is 6.64. The SMILES string of the molecule is O=C(NCCc1cccs1)[C@H](O)[C@@H](O)C(=O)N1Cc2ccccc2[C@@H]1c1cccc(F)c1. The predicted octanol–water partition coefficient (Wildman–Crippen LogP) is 2.40. The first-order chi connectivity index (χ1) is 15.5. The zero-order valence-electron chi connectivity index (χ0n) is 17.1. The molecule has 4 rings (SSSR count). The molecule has 0 fully saturated rings. The number of aliphatic hydroxyl groups excluding tert-OH is 2. The first-order valence-corrected chi connectivity index (χ1v) is 11.1. The van der Waals surface area contributed by atoms with Gasteiger partial charge in [-0.25, -0.2) is 4.39 Å². The Bertz CT molecular complexity index is 1100. The average molecular weight is 455 g/mol. The minimum atomic E-state index is -1.94. The third kappa shape index (κ3) is 4.57. The lowest BCUT2D eigenvalue weighted by Gasteiger charge is -2.29. The number of halogens is 1. The molecule has 1 aliphatic heterocycles. The number of hydrogen-bond acceptors (Lipinski definition) is 5. The van der Waals surface area contributed by atoms with Gasteiger partial charge in [-0.15, -0.1) is 11.3 Å². The van der Waals surface area contributed by atoms with Crippen LogP contribution in [0.1, 0.15) is 27.6 Å². The lowest BCUT2D eigenvalue weighted by molar-refractivity contribution is -0.154. The summed E-state index contributed by atoms with van der Waals surface area (Å²) in [6.45, 7) is 0.457. The molecule has 2 aromatic carbocycles. The standard InChI is InChI=1S/C24H23FN2O4S/c25-17-7-3-6-15(13-17)20-19-9-2-1-5-16(19)14-27(20)24(31)22(29)21(28)23(30)26-11-10-18-8-4-12-32-18/h1-9,12-13,20-22,28-29H,10-11,14H2,(H,26,30)/t20-,21+,22+/m0/s1. The minimum absolute atomic E-state index is 0.181.